The summed E-state index contributed by atoms with van der Waals surface area (Å²) in [4.78, 5) is 10.0. The standard InChI is InChI=1S/C9H12N6O2S/c10-8(13-11)9(14-12)18-5-6-1-3-7(4-2-6)15(16)17/h1-4H,5,11-12H2,(H2,10,13). The first-order valence-corrected chi connectivity index (χ1v) is 5.74. The van der Waals surface area contributed by atoms with Crippen molar-refractivity contribution in [2.24, 2.45) is 27.6 Å². The Morgan fingerprint density at radius 2 is 1.89 bits per heavy atom. The number of benzene rings is 1. The zero-order valence-electron chi connectivity index (χ0n) is 9.31. The molecule has 9 heteroatoms. The van der Waals surface area contributed by atoms with Gasteiger partial charge >= 0.3 is 0 Å². The second-order valence-corrected chi connectivity index (χ2v) is 4.12. The van der Waals surface area contributed by atoms with Gasteiger partial charge in [0.25, 0.3) is 5.69 Å². The number of rotatable bonds is 3. The number of amidine groups is 1. The van der Waals surface area contributed by atoms with E-state index in [0.717, 1.165) is 5.56 Å². The first-order chi connectivity index (χ1) is 8.58. The summed E-state index contributed by atoms with van der Waals surface area (Å²) in [5.41, 5.74) is 6.37. The lowest BCUT2D eigenvalue weighted by atomic mass is 10.2. The van der Waals surface area contributed by atoms with Crippen LogP contribution in [-0.2, 0) is 5.75 Å². The second-order valence-electron chi connectivity index (χ2n) is 3.16. The SMILES string of the molecule is NN=C(SCc1ccc([N+](=O)[O-])cc1)/C(N)=N\N. The van der Waals surface area contributed by atoms with Gasteiger partial charge in [0.2, 0.25) is 0 Å². The van der Waals surface area contributed by atoms with Crippen molar-refractivity contribution >= 4 is 28.3 Å². The number of non-ortho nitro benzene ring substituents is 1. The minimum absolute atomic E-state index is 0.0412. The van der Waals surface area contributed by atoms with Crippen molar-refractivity contribution in [2.75, 3.05) is 0 Å². The van der Waals surface area contributed by atoms with Crippen LogP contribution in [0.4, 0.5) is 5.69 Å². The zero-order valence-corrected chi connectivity index (χ0v) is 10.1. The van der Waals surface area contributed by atoms with Crippen LogP contribution < -0.4 is 17.4 Å². The summed E-state index contributed by atoms with van der Waals surface area (Å²) in [6.45, 7) is 0. The number of nitrogens with zero attached hydrogens (tertiary/aromatic N) is 3. The van der Waals surface area contributed by atoms with Crippen molar-refractivity contribution in [3.8, 4) is 0 Å². The van der Waals surface area contributed by atoms with Crippen LogP contribution >= 0.6 is 11.8 Å². The van der Waals surface area contributed by atoms with Crippen LogP contribution in [0.25, 0.3) is 0 Å². The topological polar surface area (TPSA) is 146 Å². The maximum atomic E-state index is 10.5. The zero-order chi connectivity index (χ0) is 13.5. The summed E-state index contributed by atoms with van der Waals surface area (Å²) in [5.74, 6) is 10.7. The first kappa shape index (κ1) is 13.8. The minimum Gasteiger partial charge on any atom is -0.380 e. The molecular weight excluding hydrogens is 256 g/mol. The molecule has 0 aromatic heterocycles. The lowest BCUT2D eigenvalue weighted by molar-refractivity contribution is -0.384. The van der Waals surface area contributed by atoms with Crippen LogP contribution in [0, 0.1) is 10.1 Å². The highest BCUT2D eigenvalue weighted by Crippen LogP contribution is 2.17. The van der Waals surface area contributed by atoms with Gasteiger partial charge in [0.05, 0.1) is 4.92 Å². The maximum Gasteiger partial charge on any atom is 0.269 e. The molecule has 1 aromatic carbocycles. The van der Waals surface area contributed by atoms with Gasteiger partial charge in [0.15, 0.2) is 10.9 Å². The fraction of sp³-hybridized carbons (Fsp3) is 0.111. The van der Waals surface area contributed by atoms with Gasteiger partial charge in [-0.15, -0.1) is 0 Å². The van der Waals surface area contributed by atoms with Crippen LogP contribution in [0.5, 0.6) is 0 Å². The van der Waals surface area contributed by atoms with E-state index >= 15 is 0 Å². The van der Waals surface area contributed by atoms with Crippen LogP contribution in [0.15, 0.2) is 34.5 Å². The Hall–Kier alpha value is -2.29. The average molecular weight is 268 g/mol. The van der Waals surface area contributed by atoms with Crippen molar-refractivity contribution in [3.05, 3.63) is 39.9 Å². The fourth-order valence-corrected chi connectivity index (χ4v) is 1.87. The molecular formula is C9H12N6O2S. The molecule has 6 N–H and O–H groups in total. The molecule has 0 amide bonds. The molecule has 18 heavy (non-hydrogen) atoms. The van der Waals surface area contributed by atoms with Crippen molar-refractivity contribution in [1.82, 2.24) is 0 Å². The van der Waals surface area contributed by atoms with E-state index in [1.165, 1.54) is 23.9 Å². The molecule has 0 radical (unpaired) electrons. The Bertz CT molecular complexity index is 484. The third-order valence-corrected chi connectivity index (χ3v) is 3.06. The van der Waals surface area contributed by atoms with Crippen LogP contribution in [-0.4, -0.2) is 15.8 Å². The van der Waals surface area contributed by atoms with Gasteiger partial charge in [0.1, 0.15) is 0 Å². The molecule has 0 aliphatic carbocycles. The van der Waals surface area contributed by atoms with E-state index in [9.17, 15) is 10.1 Å². The predicted molar refractivity (Wildman–Crippen MR) is 71.8 cm³/mol. The van der Waals surface area contributed by atoms with E-state index in [2.05, 4.69) is 10.2 Å². The molecule has 0 saturated carbocycles. The molecule has 0 spiro atoms. The number of nitro benzene ring substituents is 1. The molecule has 0 atom stereocenters. The Kier molecular flexibility index (Phi) is 4.93. The molecule has 0 aliphatic heterocycles. The number of nitrogens with two attached hydrogens (primary N) is 3. The molecule has 0 bridgehead atoms. The van der Waals surface area contributed by atoms with Crippen LogP contribution in [0.2, 0.25) is 0 Å². The maximum absolute atomic E-state index is 10.5. The van der Waals surface area contributed by atoms with Crippen molar-refractivity contribution in [2.45, 2.75) is 5.75 Å². The molecule has 96 valence electrons. The van der Waals surface area contributed by atoms with Crippen LogP contribution in [0.3, 0.4) is 0 Å². The summed E-state index contributed by atoms with van der Waals surface area (Å²) in [6, 6.07) is 6.15. The lowest BCUT2D eigenvalue weighted by Crippen LogP contribution is -2.24. The number of thioether (sulfide) groups is 1. The Morgan fingerprint density at radius 3 is 2.33 bits per heavy atom. The summed E-state index contributed by atoms with van der Waals surface area (Å²) >= 11 is 1.24. The monoisotopic (exact) mass is 268 g/mol. The first-order valence-electron chi connectivity index (χ1n) is 4.76. The van der Waals surface area contributed by atoms with Gasteiger partial charge in [-0.3, -0.25) is 10.1 Å². The van der Waals surface area contributed by atoms with Gasteiger partial charge in [-0.25, -0.2) is 0 Å². The summed E-state index contributed by atoms with van der Waals surface area (Å²) in [7, 11) is 0. The molecule has 0 saturated heterocycles. The Labute approximate surface area is 107 Å². The van der Waals surface area contributed by atoms with Gasteiger partial charge in [-0.2, -0.15) is 10.2 Å². The summed E-state index contributed by atoms with van der Waals surface area (Å²) in [5, 5.41) is 17.5. The van der Waals surface area contributed by atoms with E-state index in [0.29, 0.717) is 10.8 Å². The van der Waals surface area contributed by atoms with E-state index in [4.69, 9.17) is 17.4 Å². The highest BCUT2D eigenvalue weighted by atomic mass is 32.2. The number of hydrogen-bond donors (Lipinski definition) is 3. The van der Waals surface area contributed by atoms with Crippen molar-refractivity contribution in [1.29, 1.82) is 0 Å². The van der Waals surface area contributed by atoms with Crippen molar-refractivity contribution < 1.29 is 4.92 Å². The molecule has 0 unspecified atom stereocenters. The van der Waals surface area contributed by atoms with E-state index < -0.39 is 4.92 Å². The third kappa shape index (κ3) is 3.63. The quantitative estimate of drug-likeness (QED) is 0.237. The molecule has 1 aromatic rings. The normalized spacial score (nSPS) is 12.4. The molecule has 0 fully saturated rings. The third-order valence-electron chi connectivity index (χ3n) is 2.00. The van der Waals surface area contributed by atoms with Crippen molar-refractivity contribution in [3.63, 3.8) is 0 Å². The average Bonchev–Trinajstić information content (AvgIpc) is 2.39. The summed E-state index contributed by atoms with van der Waals surface area (Å²) in [6.07, 6.45) is 0. The Balaban J connectivity index is 2.66. The highest BCUT2D eigenvalue weighted by Gasteiger charge is 2.08. The molecule has 8 nitrogen and oxygen atoms in total. The predicted octanol–water partition coefficient (Wildman–Crippen LogP) is 0.331. The highest BCUT2D eigenvalue weighted by molar-refractivity contribution is 8.15. The number of nitro groups is 1. The summed E-state index contributed by atoms with van der Waals surface area (Å²) < 4.78 is 0. The Morgan fingerprint density at radius 1 is 1.28 bits per heavy atom. The molecule has 1 rings (SSSR count). The van der Waals surface area contributed by atoms with E-state index in [1.807, 2.05) is 0 Å². The number of hydrazone groups is 2. The molecule has 0 heterocycles. The van der Waals surface area contributed by atoms with Crippen LogP contribution in [0.1, 0.15) is 5.56 Å². The largest absolute Gasteiger partial charge is 0.380 e. The second kappa shape index (κ2) is 6.45. The fourth-order valence-electron chi connectivity index (χ4n) is 1.10. The lowest BCUT2D eigenvalue weighted by Gasteiger charge is -2.03. The van der Waals surface area contributed by atoms with Gasteiger partial charge in [-0.1, -0.05) is 23.9 Å². The molecule has 0 aliphatic rings. The van der Waals surface area contributed by atoms with Gasteiger partial charge in [-0.05, 0) is 5.56 Å². The van der Waals surface area contributed by atoms with Gasteiger partial charge < -0.3 is 17.4 Å². The minimum atomic E-state index is -0.456. The number of hydrogen-bond acceptors (Lipinski definition) is 7. The van der Waals surface area contributed by atoms with Gasteiger partial charge in [0, 0.05) is 17.9 Å². The van der Waals surface area contributed by atoms with E-state index in [1.54, 1.807) is 12.1 Å². The smallest absolute Gasteiger partial charge is 0.269 e. The van der Waals surface area contributed by atoms with E-state index in [-0.39, 0.29) is 11.5 Å².